The van der Waals surface area contributed by atoms with Gasteiger partial charge in [-0.15, -0.1) is 0 Å². The molecule has 1 aliphatic heterocycles. The molecule has 1 aromatic rings. The van der Waals surface area contributed by atoms with Gasteiger partial charge in [-0.3, -0.25) is 14.6 Å². The lowest BCUT2D eigenvalue weighted by atomic mass is 10.0. The molecule has 1 atom stereocenters. The van der Waals surface area contributed by atoms with Crippen molar-refractivity contribution in [2.75, 3.05) is 13.1 Å². The van der Waals surface area contributed by atoms with E-state index in [0.717, 1.165) is 6.42 Å². The van der Waals surface area contributed by atoms with Gasteiger partial charge in [0.2, 0.25) is 0 Å². The minimum absolute atomic E-state index is 0.129. The molecule has 6 heteroatoms. The summed E-state index contributed by atoms with van der Waals surface area (Å²) in [7, 11) is 0. The number of hydrogen-bond acceptors (Lipinski definition) is 3. The molecule has 2 rings (SSSR count). The van der Waals surface area contributed by atoms with Crippen LogP contribution in [-0.2, 0) is 4.79 Å². The van der Waals surface area contributed by atoms with E-state index in [-0.39, 0.29) is 18.2 Å². The Kier molecular flexibility index (Phi) is 4.37. The molecule has 2 heterocycles. The second kappa shape index (κ2) is 6.02. The van der Waals surface area contributed by atoms with Crippen molar-refractivity contribution in [2.24, 2.45) is 5.92 Å². The summed E-state index contributed by atoms with van der Waals surface area (Å²) in [5.74, 6) is -0.661. The number of nitrogens with zero attached hydrogens (tertiary/aromatic N) is 2. The smallest absolute Gasteiger partial charge is 0.303 e. The summed E-state index contributed by atoms with van der Waals surface area (Å²) in [5.41, 5.74) is 0.406. The Balaban J connectivity index is 1.95. The van der Waals surface area contributed by atoms with Gasteiger partial charge in [0.15, 0.2) is 0 Å². The largest absolute Gasteiger partial charge is 0.481 e. The summed E-state index contributed by atoms with van der Waals surface area (Å²) in [4.78, 5) is 28.4. The third-order valence-electron chi connectivity index (χ3n) is 3.34. The number of aliphatic carboxylic acids is 1. The quantitative estimate of drug-likeness (QED) is 0.918. The number of carboxylic acids is 1. The van der Waals surface area contributed by atoms with Crippen molar-refractivity contribution >= 4 is 23.5 Å². The highest BCUT2D eigenvalue weighted by Gasteiger charge is 2.28. The van der Waals surface area contributed by atoms with Crippen LogP contribution in [0.4, 0.5) is 0 Å². The van der Waals surface area contributed by atoms with E-state index in [1.807, 2.05) is 0 Å². The average Bonchev–Trinajstić information content (AvgIpc) is 2.85. The molecule has 1 fully saturated rings. The summed E-state index contributed by atoms with van der Waals surface area (Å²) >= 11 is 5.97. The van der Waals surface area contributed by atoms with Crippen LogP contribution < -0.4 is 0 Å². The van der Waals surface area contributed by atoms with Crippen molar-refractivity contribution in [1.82, 2.24) is 9.88 Å². The topological polar surface area (TPSA) is 70.5 Å². The molecule has 0 spiro atoms. The molecule has 0 bridgehead atoms. The number of halogens is 1. The van der Waals surface area contributed by atoms with Crippen molar-refractivity contribution < 1.29 is 14.7 Å². The molecule has 0 aliphatic carbocycles. The average molecular weight is 283 g/mol. The predicted octanol–water partition coefficient (Wildman–Crippen LogP) is 2.06. The summed E-state index contributed by atoms with van der Waals surface area (Å²) in [6.07, 6.45) is 4.62. The first-order valence-electron chi connectivity index (χ1n) is 6.18. The molecule has 1 aromatic heterocycles. The van der Waals surface area contributed by atoms with Crippen molar-refractivity contribution in [3.05, 3.63) is 29.0 Å². The van der Waals surface area contributed by atoms with Gasteiger partial charge in [-0.25, -0.2) is 0 Å². The second-order valence-corrected chi connectivity index (χ2v) is 5.10. The van der Waals surface area contributed by atoms with Crippen LogP contribution in [0.5, 0.6) is 0 Å². The van der Waals surface area contributed by atoms with Gasteiger partial charge in [0.1, 0.15) is 0 Å². The maximum Gasteiger partial charge on any atom is 0.303 e. The Morgan fingerprint density at radius 1 is 1.53 bits per heavy atom. The van der Waals surface area contributed by atoms with E-state index in [2.05, 4.69) is 4.98 Å². The molecule has 1 N–H and O–H groups in total. The molecule has 5 nitrogen and oxygen atoms in total. The highest BCUT2D eigenvalue weighted by molar-refractivity contribution is 6.33. The van der Waals surface area contributed by atoms with E-state index < -0.39 is 5.97 Å². The van der Waals surface area contributed by atoms with Gasteiger partial charge in [0, 0.05) is 31.9 Å². The maximum absolute atomic E-state index is 12.2. The van der Waals surface area contributed by atoms with Gasteiger partial charge in [-0.05, 0) is 24.8 Å². The summed E-state index contributed by atoms with van der Waals surface area (Å²) in [6.45, 7) is 1.24. The Labute approximate surface area is 116 Å². The molecular weight excluding hydrogens is 268 g/mol. The van der Waals surface area contributed by atoms with Crippen molar-refractivity contribution in [1.29, 1.82) is 0 Å². The van der Waals surface area contributed by atoms with Crippen LogP contribution in [0.15, 0.2) is 18.5 Å². The van der Waals surface area contributed by atoms with Gasteiger partial charge in [0.05, 0.1) is 10.6 Å². The van der Waals surface area contributed by atoms with Crippen molar-refractivity contribution in [2.45, 2.75) is 19.3 Å². The van der Waals surface area contributed by atoms with E-state index in [1.165, 1.54) is 6.20 Å². The van der Waals surface area contributed by atoms with E-state index >= 15 is 0 Å². The molecule has 1 aliphatic rings. The number of hydrogen-bond donors (Lipinski definition) is 1. The van der Waals surface area contributed by atoms with E-state index in [4.69, 9.17) is 16.7 Å². The maximum atomic E-state index is 12.2. The minimum Gasteiger partial charge on any atom is -0.481 e. The predicted molar refractivity (Wildman–Crippen MR) is 70.1 cm³/mol. The zero-order valence-electron chi connectivity index (χ0n) is 10.4. The second-order valence-electron chi connectivity index (χ2n) is 4.69. The number of amides is 1. The van der Waals surface area contributed by atoms with Crippen molar-refractivity contribution in [3.8, 4) is 0 Å². The minimum atomic E-state index is -0.792. The third-order valence-corrected chi connectivity index (χ3v) is 3.67. The summed E-state index contributed by atoms with van der Waals surface area (Å²) in [5, 5.41) is 9.05. The number of rotatable bonds is 4. The van der Waals surface area contributed by atoms with Crippen molar-refractivity contribution in [3.63, 3.8) is 0 Å². The molecule has 1 amide bonds. The molecular formula is C13H15ClN2O3. The molecule has 1 saturated heterocycles. The summed E-state index contributed by atoms with van der Waals surface area (Å²) in [6, 6.07) is 1.59. The fraction of sp³-hybridized carbons (Fsp3) is 0.462. The van der Waals surface area contributed by atoms with E-state index in [0.29, 0.717) is 30.1 Å². The number of likely N-dealkylation sites (tertiary alicyclic amines) is 1. The SMILES string of the molecule is O=C(O)CCC1CCN(C(=O)c2cnccc2Cl)C1. The molecule has 0 aromatic carbocycles. The van der Waals surface area contributed by atoms with Gasteiger partial charge < -0.3 is 10.0 Å². The van der Waals surface area contributed by atoms with Crippen LogP contribution in [0.25, 0.3) is 0 Å². The number of pyridine rings is 1. The normalized spacial score (nSPS) is 18.6. The first kappa shape index (κ1) is 13.8. The van der Waals surface area contributed by atoms with Crippen LogP contribution in [0.2, 0.25) is 5.02 Å². The Morgan fingerprint density at radius 2 is 2.32 bits per heavy atom. The van der Waals surface area contributed by atoms with Gasteiger partial charge in [0.25, 0.3) is 5.91 Å². The van der Waals surface area contributed by atoms with E-state index in [9.17, 15) is 9.59 Å². The van der Waals surface area contributed by atoms with Crippen LogP contribution in [0.3, 0.4) is 0 Å². The van der Waals surface area contributed by atoms with E-state index in [1.54, 1.807) is 17.2 Å². The number of carbonyl (C=O) groups is 2. The van der Waals surface area contributed by atoms with Gasteiger partial charge in [-0.2, -0.15) is 0 Å². The fourth-order valence-electron chi connectivity index (χ4n) is 2.29. The standard InChI is InChI=1S/C13H15ClN2O3/c14-11-3-5-15-7-10(11)13(19)16-6-4-9(8-16)1-2-12(17)18/h3,5,7,9H,1-2,4,6,8H2,(H,17,18). The van der Waals surface area contributed by atoms with Crippen LogP contribution >= 0.6 is 11.6 Å². The molecule has 0 radical (unpaired) electrons. The Bertz CT molecular complexity index is 493. The summed E-state index contributed by atoms with van der Waals surface area (Å²) < 4.78 is 0. The molecule has 1 unspecified atom stereocenters. The number of carbonyl (C=O) groups excluding carboxylic acids is 1. The first-order chi connectivity index (χ1) is 9.08. The third kappa shape index (κ3) is 3.44. The van der Waals surface area contributed by atoms with Crippen LogP contribution in [0, 0.1) is 5.92 Å². The van der Waals surface area contributed by atoms with Gasteiger partial charge in [-0.1, -0.05) is 11.6 Å². The first-order valence-corrected chi connectivity index (χ1v) is 6.56. The fourth-order valence-corrected chi connectivity index (χ4v) is 2.47. The highest BCUT2D eigenvalue weighted by Crippen LogP contribution is 2.24. The lowest BCUT2D eigenvalue weighted by molar-refractivity contribution is -0.137. The van der Waals surface area contributed by atoms with Crippen LogP contribution in [-0.4, -0.2) is 40.0 Å². The van der Waals surface area contributed by atoms with Crippen LogP contribution in [0.1, 0.15) is 29.6 Å². The molecule has 102 valence electrons. The zero-order valence-corrected chi connectivity index (χ0v) is 11.1. The Morgan fingerprint density at radius 3 is 3.00 bits per heavy atom. The Hall–Kier alpha value is -1.62. The zero-order chi connectivity index (χ0) is 13.8. The number of carboxylic acid groups (broad SMARTS) is 1. The lowest BCUT2D eigenvalue weighted by Crippen LogP contribution is -2.29. The number of aromatic nitrogens is 1. The van der Waals surface area contributed by atoms with Gasteiger partial charge >= 0.3 is 5.97 Å². The monoisotopic (exact) mass is 282 g/mol. The highest BCUT2D eigenvalue weighted by atomic mass is 35.5. The lowest BCUT2D eigenvalue weighted by Gasteiger charge is -2.16. The molecule has 0 saturated carbocycles. The molecule has 19 heavy (non-hydrogen) atoms.